The molecular weight excluding hydrogens is 454 g/mol. The fraction of sp³-hybridized carbons (Fsp3) is 0.360. The summed E-state index contributed by atoms with van der Waals surface area (Å²) in [6, 6.07) is 15.0. The molecule has 176 valence electrons. The number of sulfone groups is 1. The summed E-state index contributed by atoms with van der Waals surface area (Å²) in [7, 11) is -3.52. The van der Waals surface area contributed by atoms with E-state index in [-0.39, 0.29) is 16.1 Å². The summed E-state index contributed by atoms with van der Waals surface area (Å²) in [5, 5.41) is 9.02. The van der Waals surface area contributed by atoms with Crippen molar-refractivity contribution in [2.45, 2.75) is 55.5 Å². The maximum atomic E-state index is 12.8. The molecule has 6 nitrogen and oxygen atoms in total. The van der Waals surface area contributed by atoms with E-state index in [1.807, 2.05) is 19.1 Å². The molecule has 0 unspecified atom stereocenters. The Morgan fingerprint density at radius 2 is 1.73 bits per heavy atom. The molecule has 3 aromatic rings. The summed E-state index contributed by atoms with van der Waals surface area (Å²) in [6.07, 6.45) is 1.71. The predicted octanol–water partition coefficient (Wildman–Crippen LogP) is 5.22. The Bertz CT molecular complexity index is 1180. The SMILES string of the molecule is C=CCn1c(CS(=O)(=O)c2ccc(C)cc2)nnc1SCCOc1ccc(C(C)(C)C)cc1. The summed E-state index contributed by atoms with van der Waals surface area (Å²) in [5.41, 5.74) is 2.37. The maximum absolute atomic E-state index is 12.8. The fourth-order valence-electron chi connectivity index (χ4n) is 3.19. The largest absolute Gasteiger partial charge is 0.493 e. The normalized spacial score (nSPS) is 12.0. The number of thioether (sulfide) groups is 1. The van der Waals surface area contributed by atoms with Gasteiger partial charge in [0.2, 0.25) is 0 Å². The van der Waals surface area contributed by atoms with E-state index in [0.717, 1.165) is 11.3 Å². The molecule has 0 spiro atoms. The van der Waals surface area contributed by atoms with Crippen molar-refractivity contribution < 1.29 is 13.2 Å². The molecule has 0 atom stereocenters. The number of hydrogen-bond acceptors (Lipinski definition) is 6. The second-order valence-electron chi connectivity index (χ2n) is 8.84. The quantitative estimate of drug-likeness (QED) is 0.223. The molecule has 3 rings (SSSR count). The lowest BCUT2D eigenvalue weighted by Crippen LogP contribution is -2.12. The lowest BCUT2D eigenvalue weighted by Gasteiger charge is -2.19. The molecule has 0 amide bonds. The van der Waals surface area contributed by atoms with Crippen LogP contribution in [-0.2, 0) is 27.5 Å². The lowest BCUT2D eigenvalue weighted by molar-refractivity contribution is 0.343. The van der Waals surface area contributed by atoms with Crippen LogP contribution < -0.4 is 4.74 Å². The van der Waals surface area contributed by atoms with Gasteiger partial charge in [-0.25, -0.2) is 8.42 Å². The molecule has 0 N–H and O–H groups in total. The van der Waals surface area contributed by atoms with Crippen LogP contribution in [0.25, 0.3) is 0 Å². The molecule has 1 aromatic heterocycles. The van der Waals surface area contributed by atoms with Crippen LogP contribution in [0.4, 0.5) is 0 Å². The number of aryl methyl sites for hydroxylation is 1. The summed E-state index contributed by atoms with van der Waals surface area (Å²) < 4.78 is 33.3. The van der Waals surface area contributed by atoms with Crippen molar-refractivity contribution in [1.29, 1.82) is 0 Å². The van der Waals surface area contributed by atoms with Gasteiger partial charge < -0.3 is 9.30 Å². The third-order valence-electron chi connectivity index (χ3n) is 5.11. The Kier molecular flexibility index (Phi) is 8.02. The average molecular weight is 486 g/mol. The molecule has 0 aliphatic rings. The lowest BCUT2D eigenvalue weighted by atomic mass is 9.87. The number of benzene rings is 2. The molecule has 0 fully saturated rings. The predicted molar refractivity (Wildman–Crippen MR) is 134 cm³/mol. The van der Waals surface area contributed by atoms with Gasteiger partial charge in [-0.1, -0.05) is 68.4 Å². The smallest absolute Gasteiger partial charge is 0.191 e. The minimum Gasteiger partial charge on any atom is -0.493 e. The Labute approximate surface area is 201 Å². The zero-order valence-corrected chi connectivity index (χ0v) is 21.2. The van der Waals surface area contributed by atoms with E-state index < -0.39 is 9.84 Å². The molecule has 2 aromatic carbocycles. The fourth-order valence-corrected chi connectivity index (χ4v) is 5.24. The van der Waals surface area contributed by atoms with Crippen LogP contribution in [0.3, 0.4) is 0 Å². The number of rotatable bonds is 10. The number of ether oxygens (including phenoxy) is 1. The van der Waals surface area contributed by atoms with Crippen molar-refractivity contribution in [2.75, 3.05) is 12.4 Å². The summed E-state index contributed by atoms with van der Waals surface area (Å²) >= 11 is 1.48. The Morgan fingerprint density at radius 1 is 1.06 bits per heavy atom. The highest BCUT2D eigenvalue weighted by molar-refractivity contribution is 7.99. The van der Waals surface area contributed by atoms with Crippen molar-refractivity contribution >= 4 is 21.6 Å². The van der Waals surface area contributed by atoms with Crippen LogP contribution in [0.1, 0.15) is 37.7 Å². The van der Waals surface area contributed by atoms with E-state index in [0.29, 0.717) is 29.9 Å². The van der Waals surface area contributed by atoms with E-state index in [2.05, 4.69) is 49.7 Å². The van der Waals surface area contributed by atoms with Crippen LogP contribution in [0.5, 0.6) is 5.75 Å². The second-order valence-corrected chi connectivity index (χ2v) is 11.9. The van der Waals surface area contributed by atoms with Gasteiger partial charge in [-0.15, -0.1) is 16.8 Å². The first-order chi connectivity index (χ1) is 15.6. The Balaban J connectivity index is 1.62. The van der Waals surface area contributed by atoms with Crippen molar-refractivity contribution in [3.8, 4) is 5.75 Å². The summed E-state index contributed by atoms with van der Waals surface area (Å²) in [5.74, 6) is 1.66. The van der Waals surface area contributed by atoms with Gasteiger partial charge in [0.05, 0.1) is 11.5 Å². The van der Waals surface area contributed by atoms with E-state index in [4.69, 9.17) is 4.74 Å². The van der Waals surface area contributed by atoms with Crippen LogP contribution in [0.2, 0.25) is 0 Å². The van der Waals surface area contributed by atoms with Gasteiger partial charge in [0.1, 0.15) is 17.3 Å². The molecule has 0 saturated heterocycles. The van der Waals surface area contributed by atoms with Gasteiger partial charge in [-0.05, 0) is 42.2 Å². The van der Waals surface area contributed by atoms with E-state index in [1.54, 1.807) is 34.9 Å². The third kappa shape index (κ3) is 6.71. The molecule has 33 heavy (non-hydrogen) atoms. The number of aromatic nitrogens is 3. The first-order valence-corrected chi connectivity index (χ1v) is 13.4. The standard InChI is InChI=1S/C25H31N3O3S2/c1-6-15-28-23(18-33(29,30)22-13-7-19(2)8-14-22)26-27-24(28)32-17-16-31-21-11-9-20(10-12-21)25(3,4)5/h6-14H,1,15-18H2,2-5H3. The number of hydrogen-bond donors (Lipinski definition) is 0. The van der Waals surface area contributed by atoms with Crippen LogP contribution >= 0.6 is 11.8 Å². The third-order valence-corrected chi connectivity index (χ3v) is 7.67. The number of allylic oxidation sites excluding steroid dienone is 1. The van der Waals surface area contributed by atoms with E-state index >= 15 is 0 Å². The van der Waals surface area contributed by atoms with Gasteiger partial charge in [0.15, 0.2) is 15.0 Å². The number of nitrogens with zero attached hydrogens (tertiary/aromatic N) is 3. The summed E-state index contributed by atoms with van der Waals surface area (Å²) in [6.45, 7) is 13.2. The van der Waals surface area contributed by atoms with Gasteiger partial charge in [-0.3, -0.25) is 0 Å². The zero-order chi connectivity index (χ0) is 24.1. The Hall–Kier alpha value is -2.58. The van der Waals surface area contributed by atoms with Gasteiger partial charge in [0, 0.05) is 12.3 Å². The van der Waals surface area contributed by atoms with Crippen molar-refractivity contribution in [1.82, 2.24) is 14.8 Å². The topological polar surface area (TPSA) is 74.1 Å². The van der Waals surface area contributed by atoms with Gasteiger partial charge >= 0.3 is 0 Å². The monoisotopic (exact) mass is 485 g/mol. The van der Waals surface area contributed by atoms with Crippen LogP contribution in [0.15, 0.2) is 71.2 Å². The van der Waals surface area contributed by atoms with Crippen molar-refractivity contribution in [2.24, 2.45) is 0 Å². The van der Waals surface area contributed by atoms with E-state index in [9.17, 15) is 8.42 Å². The molecule has 0 aliphatic carbocycles. The zero-order valence-electron chi connectivity index (χ0n) is 19.6. The average Bonchev–Trinajstić information content (AvgIpc) is 3.12. The van der Waals surface area contributed by atoms with Crippen LogP contribution in [0, 0.1) is 6.92 Å². The van der Waals surface area contributed by atoms with E-state index in [1.165, 1.54) is 17.3 Å². The second kappa shape index (κ2) is 10.6. The first-order valence-electron chi connectivity index (χ1n) is 10.8. The summed E-state index contributed by atoms with van der Waals surface area (Å²) in [4.78, 5) is 0.279. The molecule has 0 radical (unpaired) electrons. The Morgan fingerprint density at radius 3 is 2.33 bits per heavy atom. The first kappa shape index (κ1) is 25.1. The molecule has 0 saturated carbocycles. The van der Waals surface area contributed by atoms with Crippen molar-refractivity contribution in [3.63, 3.8) is 0 Å². The van der Waals surface area contributed by atoms with Crippen molar-refractivity contribution in [3.05, 3.63) is 78.1 Å². The minimum absolute atomic E-state index is 0.105. The molecule has 0 bridgehead atoms. The maximum Gasteiger partial charge on any atom is 0.191 e. The molecule has 1 heterocycles. The molecule has 0 aliphatic heterocycles. The minimum atomic E-state index is -3.52. The highest BCUT2D eigenvalue weighted by Gasteiger charge is 2.21. The van der Waals surface area contributed by atoms with Gasteiger partial charge in [0.25, 0.3) is 0 Å². The van der Waals surface area contributed by atoms with Gasteiger partial charge in [-0.2, -0.15) is 0 Å². The molecule has 8 heteroatoms. The molecular formula is C25H31N3O3S2. The highest BCUT2D eigenvalue weighted by atomic mass is 32.2. The highest BCUT2D eigenvalue weighted by Crippen LogP contribution is 2.25. The van der Waals surface area contributed by atoms with Crippen LogP contribution in [-0.4, -0.2) is 35.5 Å².